The van der Waals surface area contributed by atoms with Crippen LogP contribution in [0.5, 0.6) is 0 Å². The number of carbonyl (C=O) groups is 1. The minimum absolute atomic E-state index is 0.0126. The van der Waals surface area contributed by atoms with E-state index in [2.05, 4.69) is 28.8 Å². The Morgan fingerprint density at radius 1 is 1.04 bits per heavy atom. The van der Waals surface area contributed by atoms with E-state index in [-0.39, 0.29) is 23.4 Å². The molecule has 0 atom stereocenters. The molecule has 1 aromatic carbocycles. The average molecular weight is 375 g/mol. The molecule has 0 saturated heterocycles. The van der Waals surface area contributed by atoms with Crippen molar-refractivity contribution < 1.29 is 4.79 Å². The summed E-state index contributed by atoms with van der Waals surface area (Å²) >= 11 is 0. The van der Waals surface area contributed by atoms with E-state index in [1.54, 1.807) is 41.2 Å². The standard InChI is InChI=1S/C21H21N5O2/c1-21(2)13-25(12-17(27)15-6-4-3-5-7-15)19-23-18(16-8-10-22-11-9-16)24-20(28)26(19)14-21/h3-11H,12-14H2,1-2H3. The van der Waals surface area contributed by atoms with Crippen LogP contribution in [0.25, 0.3) is 11.4 Å². The molecular weight excluding hydrogens is 354 g/mol. The summed E-state index contributed by atoms with van der Waals surface area (Å²) < 4.78 is 1.56. The predicted molar refractivity (Wildman–Crippen MR) is 106 cm³/mol. The molecule has 142 valence electrons. The molecule has 1 aliphatic heterocycles. The topological polar surface area (TPSA) is 81.0 Å². The third-order valence-corrected chi connectivity index (χ3v) is 4.74. The van der Waals surface area contributed by atoms with E-state index in [1.807, 2.05) is 23.1 Å². The molecule has 3 heterocycles. The molecular formula is C21H21N5O2. The van der Waals surface area contributed by atoms with Crippen LogP contribution >= 0.6 is 0 Å². The summed E-state index contributed by atoms with van der Waals surface area (Å²) in [4.78, 5) is 40.2. The van der Waals surface area contributed by atoms with Gasteiger partial charge in [0.1, 0.15) is 0 Å². The average Bonchev–Trinajstić information content (AvgIpc) is 2.69. The Morgan fingerprint density at radius 2 is 1.75 bits per heavy atom. The summed E-state index contributed by atoms with van der Waals surface area (Å²) in [5, 5.41) is 0. The van der Waals surface area contributed by atoms with Gasteiger partial charge >= 0.3 is 5.69 Å². The Labute approximate surface area is 162 Å². The molecule has 0 amide bonds. The van der Waals surface area contributed by atoms with Crippen molar-refractivity contribution >= 4 is 11.7 Å². The van der Waals surface area contributed by atoms with Gasteiger partial charge in [-0.3, -0.25) is 14.3 Å². The molecule has 0 aliphatic carbocycles. The van der Waals surface area contributed by atoms with Crippen LogP contribution in [0.4, 0.5) is 5.95 Å². The maximum Gasteiger partial charge on any atom is 0.352 e. The van der Waals surface area contributed by atoms with Crippen molar-refractivity contribution in [3.63, 3.8) is 0 Å². The van der Waals surface area contributed by atoms with E-state index >= 15 is 0 Å². The molecule has 0 spiro atoms. The van der Waals surface area contributed by atoms with E-state index in [9.17, 15) is 9.59 Å². The van der Waals surface area contributed by atoms with Gasteiger partial charge in [-0.1, -0.05) is 44.2 Å². The maximum absolute atomic E-state index is 12.8. The summed E-state index contributed by atoms with van der Waals surface area (Å²) in [7, 11) is 0. The first-order chi connectivity index (χ1) is 13.4. The van der Waals surface area contributed by atoms with Crippen molar-refractivity contribution in [3.05, 3.63) is 70.9 Å². The van der Waals surface area contributed by atoms with Crippen molar-refractivity contribution in [2.75, 3.05) is 18.0 Å². The Bertz CT molecular complexity index is 1060. The van der Waals surface area contributed by atoms with E-state index in [0.29, 0.717) is 30.4 Å². The zero-order valence-electron chi connectivity index (χ0n) is 15.9. The number of benzene rings is 1. The largest absolute Gasteiger partial charge is 0.352 e. The summed E-state index contributed by atoms with van der Waals surface area (Å²) in [5.74, 6) is 0.812. The fraction of sp³-hybridized carbons (Fsp3) is 0.286. The number of Topliss-reactive ketones (excluding diaryl/α,β-unsaturated/α-hetero) is 1. The second kappa shape index (κ2) is 6.99. The number of pyridine rings is 1. The number of aromatic nitrogens is 4. The molecule has 1 aliphatic rings. The van der Waals surface area contributed by atoms with Gasteiger partial charge in [0.2, 0.25) is 5.95 Å². The van der Waals surface area contributed by atoms with E-state index in [4.69, 9.17) is 0 Å². The molecule has 0 fully saturated rings. The SMILES string of the molecule is CC1(C)CN(CC(=O)c2ccccc2)c2nc(-c3ccncc3)nc(=O)n2C1. The van der Waals surface area contributed by atoms with Crippen LogP contribution in [0.3, 0.4) is 0 Å². The highest BCUT2D eigenvalue weighted by molar-refractivity contribution is 5.99. The molecule has 28 heavy (non-hydrogen) atoms. The predicted octanol–water partition coefficient (Wildman–Crippen LogP) is 2.43. The van der Waals surface area contributed by atoms with Gasteiger partial charge in [0.05, 0.1) is 6.54 Å². The first kappa shape index (κ1) is 18.0. The minimum Gasteiger partial charge on any atom is -0.334 e. The second-order valence-corrected chi connectivity index (χ2v) is 7.76. The van der Waals surface area contributed by atoms with E-state index < -0.39 is 0 Å². The quantitative estimate of drug-likeness (QED) is 0.652. The van der Waals surface area contributed by atoms with Crippen molar-refractivity contribution in [2.24, 2.45) is 5.41 Å². The minimum atomic E-state index is -0.359. The Hall–Kier alpha value is -3.35. The highest BCUT2D eigenvalue weighted by Gasteiger charge is 2.33. The van der Waals surface area contributed by atoms with Crippen LogP contribution in [-0.4, -0.2) is 38.4 Å². The first-order valence-electron chi connectivity index (χ1n) is 9.15. The Morgan fingerprint density at radius 3 is 2.46 bits per heavy atom. The Balaban J connectivity index is 1.76. The van der Waals surface area contributed by atoms with Gasteiger partial charge in [-0.25, -0.2) is 4.79 Å². The molecule has 0 bridgehead atoms. The highest BCUT2D eigenvalue weighted by Crippen LogP contribution is 2.29. The van der Waals surface area contributed by atoms with Gasteiger partial charge in [-0.2, -0.15) is 9.97 Å². The van der Waals surface area contributed by atoms with Crippen LogP contribution in [0, 0.1) is 5.41 Å². The fourth-order valence-corrected chi connectivity index (χ4v) is 3.51. The smallest absolute Gasteiger partial charge is 0.334 e. The van der Waals surface area contributed by atoms with Gasteiger partial charge in [0.15, 0.2) is 11.6 Å². The zero-order chi connectivity index (χ0) is 19.7. The zero-order valence-corrected chi connectivity index (χ0v) is 15.9. The van der Waals surface area contributed by atoms with Gasteiger partial charge < -0.3 is 4.90 Å². The molecule has 4 rings (SSSR count). The van der Waals surface area contributed by atoms with E-state index in [1.165, 1.54) is 0 Å². The van der Waals surface area contributed by atoms with Crippen LogP contribution in [-0.2, 0) is 6.54 Å². The molecule has 0 radical (unpaired) electrons. The van der Waals surface area contributed by atoms with Gasteiger partial charge in [-0.15, -0.1) is 0 Å². The number of ketones is 1. The fourth-order valence-electron chi connectivity index (χ4n) is 3.51. The number of anilines is 1. The van der Waals surface area contributed by atoms with Gasteiger partial charge in [0, 0.05) is 42.0 Å². The molecule has 3 aromatic rings. The van der Waals surface area contributed by atoms with Crippen LogP contribution in [0.15, 0.2) is 59.7 Å². The molecule has 7 heteroatoms. The van der Waals surface area contributed by atoms with Crippen LogP contribution < -0.4 is 10.6 Å². The molecule has 7 nitrogen and oxygen atoms in total. The van der Waals surface area contributed by atoms with Gasteiger partial charge in [0.25, 0.3) is 0 Å². The maximum atomic E-state index is 12.8. The number of hydrogen-bond acceptors (Lipinski definition) is 6. The number of nitrogens with zero attached hydrogens (tertiary/aromatic N) is 5. The van der Waals surface area contributed by atoms with Crippen LogP contribution in [0.2, 0.25) is 0 Å². The lowest BCUT2D eigenvalue weighted by atomic mass is 9.91. The summed E-state index contributed by atoms with van der Waals surface area (Å²) in [6, 6.07) is 12.7. The Kier molecular flexibility index (Phi) is 4.50. The summed E-state index contributed by atoms with van der Waals surface area (Å²) in [6.07, 6.45) is 3.27. The first-order valence-corrected chi connectivity index (χ1v) is 9.15. The molecule has 0 unspecified atom stereocenters. The molecule has 0 N–H and O–H groups in total. The normalized spacial score (nSPS) is 15.1. The molecule has 0 saturated carbocycles. The van der Waals surface area contributed by atoms with Crippen LogP contribution in [0.1, 0.15) is 24.2 Å². The lowest BCUT2D eigenvalue weighted by molar-refractivity contribution is 0.0993. The third-order valence-electron chi connectivity index (χ3n) is 4.74. The van der Waals surface area contributed by atoms with Crippen molar-refractivity contribution in [2.45, 2.75) is 20.4 Å². The van der Waals surface area contributed by atoms with Crippen molar-refractivity contribution in [1.29, 1.82) is 0 Å². The second-order valence-electron chi connectivity index (χ2n) is 7.76. The van der Waals surface area contributed by atoms with Crippen molar-refractivity contribution in [3.8, 4) is 11.4 Å². The lowest BCUT2D eigenvalue weighted by Gasteiger charge is -2.39. The number of hydrogen-bond donors (Lipinski definition) is 0. The third kappa shape index (κ3) is 3.55. The van der Waals surface area contributed by atoms with E-state index in [0.717, 1.165) is 5.56 Å². The number of carbonyl (C=O) groups excluding carboxylic acids is 1. The summed E-state index contributed by atoms with van der Waals surface area (Å²) in [5.41, 5.74) is 0.814. The molecule has 2 aromatic heterocycles. The lowest BCUT2D eigenvalue weighted by Crippen LogP contribution is -2.49. The van der Waals surface area contributed by atoms with Gasteiger partial charge in [-0.05, 0) is 12.1 Å². The monoisotopic (exact) mass is 375 g/mol. The number of rotatable bonds is 4. The summed E-state index contributed by atoms with van der Waals surface area (Å²) in [6.45, 7) is 5.42. The highest BCUT2D eigenvalue weighted by atomic mass is 16.1. The number of fused-ring (bicyclic) bond motifs is 1. The van der Waals surface area contributed by atoms with Crippen molar-refractivity contribution in [1.82, 2.24) is 19.5 Å².